The Hall–Kier alpha value is -7.36. The van der Waals surface area contributed by atoms with Gasteiger partial charge >= 0.3 is 11.9 Å². The van der Waals surface area contributed by atoms with Crippen LogP contribution in [0, 0.1) is 23.7 Å². The van der Waals surface area contributed by atoms with Crippen LogP contribution in [-0.2, 0) is 54.7 Å². The fourth-order valence-electron chi connectivity index (χ4n) is 15.7. The first kappa shape index (κ1) is 88.2. The second-order valence-electron chi connectivity index (χ2n) is 28.9. The molecule has 6 aromatic carbocycles. The lowest BCUT2D eigenvalue weighted by atomic mass is 9.84. The Balaban J connectivity index is 0.000000259. The molecule has 0 saturated heterocycles. The van der Waals surface area contributed by atoms with Crippen molar-refractivity contribution in [1.82, 2.24) is 9.97 Å². The van der Waals surface area contributed by atoms with Gasteiger partial charge in [0.1, 0.15) is 24.8 Å². The number of fused-ring (bicyclic) bond motifs is 4. The fourth-order valence-corrected chi connectivity index (χ4v) is 17.9. The number of aromatic nitrogens is 2. The minimum Gasteiger partial charge on any atom is -0.461 e. The summed E-state index contributed by atoms with van der Waals surface area (Å²) in [6.07, 6.45) is 17.8. The highest BCUT2D eigenvalue weighted by atomic mass is 35.5. The van der Waals surface area contributed by atoms with Crippen molar-refractivity contribution < 1.29 is 59.3 Å². The van der Waals surface area contributed by atoms with Gasteiger partial charge in [-0.15, -0.1) is 45.9 Å². The average molecular weight is 1580 g/mol. The van der Waals surface area contributed by atoms with Crippen molar-refractivity contribution >= 4 is 111 Å². The Kier molecular flexibility index (Phi) is 36.9. The van der Waals surface area contributed by atoms with Crippen molar-refractivity contribution in [2.45, 2.75) is 225 Å². The number of rotatable bonds is 36. The number of unbranched alkanes of at least 4 members (excludes halogenated alkanes) is 6. The smallest absolute Gasteiger partial charge is 0.306 e. The number of hydrogen-bond donors (Lipinski definition) is 7. The average Bonchev–Trinajstić information content (AvgIpc) is 1.65. The van der Waals surface area contributed by atoms with E-state index in [0.717, 1.165) is 149 Å². The van der Waals surface area contributed by atoms with Crippen LogP contribution in [0.2, 0.25) is 0 Å². The number of halogens is 2. The molecule has 19 heteroatoms. The van der Waals surface area contributed by atoms with Gasteiger partial charge in [-0.3, -0.25) is 29.1 Å². The molecule has 110 heavy (non-hydrogen) atoms. The standard InChI is InChI=1S/C44H51NO6S.C43H50N2O6S.C2H6.CH2Cl2.CH4/c1-2-35(39(47)24-30-15-18-34-27-45-22-21-32(34)23-30)31-16-13-29(14-17-31)28-51-44(50)12-6-4-3-5-10-36-37(41(49)26-40(36)48)19-20-38(46)43-25-33-9-7-8-11-42(33)52-43;44-25-36(38(47)22-29-13-16-33-26-45-20-19-31(33)21-29)30-14-11-28(12-15-30)27-51-43(50)10-4-2-1-3-8-34-35(40(49)24-39(34)48)17-18-37(46)42-23-32-7-5-6-9-41(32)52-42;1-2;2-1-3;/h7-9,11,13-18,21-23,25,27,35-38,40-41,46,48-49H,2-6,10,12,19-20,24,26,28H2,1H3;5-7,9,11-16,19-21,23,26,34-37,39-40,46,48-49H,1-4,8,10,17-18,22,24-25,27,44H2;1-2H3;1H2;1H4/t35?,36-,37-,38-,40+,41-;34-,35-,36?,37-,39+,40-;;;/m11.../s1. The number of carbonyl (C=O) groups excluding carboxylic acids is 4. The van der Waals surface area contributed by atoms with Crippen molar-refractivity contribution in [3.05, 3.63) is 226 Å². The number of ketones is 2. The number of esters is 2. The maximum atomic E-state index is 13.3. The van der Waals surface area contributed by atoms with Gasteiger partial charge < -0.3 is 45.8 Å². The number of nitrogens with two attached hydrogens (primary N) is 1. The van der Waals surface area contributed by atoms with Crippen LogP contribution in [0.15, 0.2) is 183 Å². The highest BCUT2D eigenvalue weighted by Crippen LogP contribution is 2.44. The lowest BCUT2D eigenvalue weighted by Crippen LogP contribution is -2.23. The molecule has 590 valence electrons. The van der Waals surface area contributed by atoms with E-state index in [1.165, 1.54) is 0 Å². The van der Waals surface area contributed by atoms with Gasteiger partial charge in [-0.2, -0.15) is 0 Å². The van der Waals surface area contributed by atoms with E-state index in [0.29, 0.717) is 70.6 Å². The Bertz CT molecular complexity index is 4100. The second-order valence-corrected chi connectivity index (χ2v) is 32.0. The molecular formula is C91H113Cl2N3O12S2. The first-order chi connectivity index (χ1) is 53.0. The lowest BCUT2D eigenvalue weighted by Gasteiger charge is -2.24. The first-order valence-electron chi connectivity index (χ1n) is 39.1. The number of benzene rings is 6. The molecule has 8 N–H and O–H groups in total. The van der Waals surface area contributed by atoms with Crippen LogP contribution in [0.5, 0.6) is 0 Å². The molecule has 0 aliphatic heterocycles. The zero-order valence-electron chi connectivity index (χ0n) is 63.1. The largest absolute Gasteiger partial charge is 0.461 e. The molecule has 2 saturated carbocycles. The Morgan fingerprint density at radius 1 is 0.473 bits per heavy atom. The predicted octanol–water partition coefficient (Wildman–Crippen LogP) is 19.7. The van der Waals surface area contributed by atoms with Crippen LogP contribution in [-0.4, -0.2) is 100 Å². The van der Waals surface area contributed by atoms with Gasteiger partial charge in [0.15, 0.2) is 0 Å². The summed E-state index contributed by atoms with van der Waals surface area (Å²) < 4.78 is 13.4. The highest BCUT2D eigenvalue weighted by molar-refractivity contribution is 7.19. The zero-order chi connectivity index (χ0) is 77.6. The maximum Gasteiger partial charge on any atom is 0.306 e. The molecule has 12 rings (SSSR count). The molecule has 12 atom stereocenters. The molecule has 2 aliphatic carbocycles. The molecule has 4 heterocycles. The fraction of sp³-hybridized carbons (Fsp3) is 0.451. The Morgan fingerprint density at radius 2 is 0.845 bits per heavy atom. The van der Waals surface area contributed by atoms with Crippen molar-refractivity contribution in [2.75, 3.05) is 11.9 Å². The third-order valence-electron chi connectivity index (χ3n) is 21.6. The van der Waals surface area contributed by atoms with E-state index in [9.17, 15) is 49.8 Å². The minimum absolute atomic E-state index is 0. The predicted molar refractivity (Wildman–Crippen MR) is 448 cm³/mol. The third-order valence-corrected chi connectivity index (χ3v) is 24.1. The molecule has 2 fully saturated rings. The van der Waals surface area contributed by atoms with Crippen molar-refractivity contribution in [2.24, 2.45) is 29.4 Å². The van der Waals surface area contributed by atoms with E-state index in [2.05, 4.69) is 46.4 Å². The summed E-state index contributed by atoms with van der Waals surface area (Å²) in [5.41, 5.74) is 11.6. The number of pyridine rings is 2. The SMILES string of the molecule is C.CC.CCC(C(=O)Cc1ccc2cnccc2c1)c1ccc(COC(=O)CCCCCC[C@@H]2[C@@H](CC[C@@H](O)c3cc4ccccc4s3)[C@H](O)C[C@@H]2O)cc1.ClCCl.NCC(C(=O)Cc1ccc2cnccc2c1)c1ccc(COC(=O)CCCCCC[C@@H]2[C@@H](CC[C@@H](O)c3cc4ccccc4s3)[C@H](O)C[C@@H]2O)cc1. The summed E-state index contributed by atoms with van der Waals surface area (Å²) in [6.45, 7) is 6.63. The van der Waals surface area contributed by atoms with Crippen LogP contribution >= 0.6 is 45.9 Å². The van der Waals surface area contributed by atoms with Gasteiger partial charge in [-0.05, 0) is 186 Å². The summed E-state index contributed by atoms with van der Waals surface area (Å²) in [4.78, 5) is 61.6. The summed E-state index contributed by atoms with van der Waals surface area (Å²) in [6, 6.07) is 51.6. The highest BCUT2D eigenvalue weighted by Gasteiger charge is 2.42. The van der Waals surface area contributed by atoms with Gasteiger partial charge in [0, 0.05) is 92.9 Å². The van der Waals surface area contributed by atoms with Crippen LogP contribution in [0.1, 0.15) is 217 Å². The van der Waals surface area contributed by atoms with Gasteiger partial charge in [0.25, 0.3) is 0 Å². The van der Waals surface area contributed by atoms with Gasteiger partial charge in [-0.1, -0.05) is 188 Å². The van der Waals surface area contributed by atoms with Gasteiger partial charge in [-0.25, -0.2) is 0 Å². The lowest BCUT2D eigenvalue weighted by molar-refractivity contribution is -0.146. The summed E-state index contributed by atoms with van der Waals surface area (Å²) in [7, 11) is 0. The molecular weight excluding hydrogens is 1460 g/mol. The number of Topliss-reactive ketones (excluding diaryl/α,β-unsaturated/α-hetero) is 2. The topological polar surface area (TPSA) is 260 Å². The van der Waals surface area contributed by atoms with Crippen LogP contribution < -0.4 is 5.73 Å². The molecule has 0 bridgehead atoms. The molecule has 10 aromatic rings. The van der Waals surface area contributed by atoms with E-state index >= 15 is 0 Å². The second kappa shape index (κ2) is 46.0. The number of nitrogens with zero attached hydrogens (tertiary/aromatic N) is 2. The number of aliphatic hydroxyl groups excluding tert-OH is 6. The zero-order valence-corrected chi connectivity index (χ0v) is 66.2. The minimum atomic E-state index is -0.577. The molecule has 4 aromatic heterocycles. The summed E-state index contributed by atoms with van der Waals surface area (Å²) in [5, 5.41) is 71.2. The third kappa shape index (κ3) is 25.8. The molecule has 0 amide bonds. The number of aliphatic hydroxyl groups is 6. The normalized spacial score (nSPS) is 19.1. The summed E-state index contributed by atoms with van der Waals surface area (Å²) >= 11 is 12.7. The van der Waals surface area contributed by atoms with Crippen molar-refractivity contribution in [1.29, 1.82) is 0 Å². The number of hydrogen-bond acceptors (Lipinski definition) is 17. The van der Waals surface area contributed by atoms with Crippen molar-refractivity contribution in [3.63, 3.8) is 0 Å². The number of ether oxygens (including phenoxy) is 2. The summed E-state index contributed by atoms with van der Waals surface area (Å²) in [5.74, 6) is -0.831. The monoisotopic (exact) mass is 1570 g/mol. The van der Waals surface area contributed by atoms with E-state index in [-0.39, 0.29) is 85.6 Å². The molecule has 15 nitrogen and oxygen atoms in total. The van der Waals surface area contributed by atoms with Crippen molar-refractivity contribution in [3.8, 4) is 0 Å². The quantitative estimate of drug-likeness (QED) is 0.0109. The number of carbonyl (C=O) groups is 4. The van der Waals surface area contributed by atoms with Gasteiger partial charge in [0.05, 0.1) is 47.9 Å². The number of alkyl halides is 2. The Labute approximate surface area is 667 Å². The first-order valence-corrected chi connectivity index (χ1v) is 41.8. The van der Waals surface area contributed by atoms with Crippen LogP contribution in [0.4, 0.5) is 0 Å². The van der Waals surface area contributed by atoms with Crippen LogP contribution in [0.25, 0.3) is 41.7 Å². The van der Waals surface area contributed by atoms with Crippen LogP contribution in [0.3, 0.4) is 0 Å². The van der Waals surface area contributed by atoms with E-state index < -0.39 is 42.5 Å². The maximum absolute atomic E-state index is 13.3. The number of thiophene rings is 2. The molecule has 0 radical (unpaired) electrons. The molecule has 2 unspecified atom stereocenters. The molecule has 0 spiro atoms. The van der Waals surface area contributed by atoms with E-state index in [4.69, 9.17) is 38.4 Å². The van der Waals surface area contributed by atoms with E-state index in [1.807, 2.05) is 148 Å². The Morgan fingerprint density at radius 3 is 1.25 bits per heavy atom. The van der Waals surface area contributed by atoms with Gasteiger partial charge in [0.2, 0.25) is 0 Å². The van der Waals surface area contributed by atoms with E-state index in [1.54, 1.807) is 41.3 Å². The molecule has 2 aliphatic rings.